The fourth-order valence-electron chi connectivity index (χ4n) is 3.69. The molecule has 1 atom stereocenters. The Kier molecular flexibility index (Phi) is 6.57. The quantitative estimate of drug-likeness (QED) is 0.394. The molecule has 3 aromatic rings. The fraction of sp³-hybridized carbons (Fsp3) is 0.200. The Morgan fingerprint density at radius 3 is 2.27 bits per heavy atom. The van der Waals surface area contributed by atoms with E-state index in [1.54, 1.807) is 54.6 Å². The SMILES string of the molecule is CC(Oc1ccc(C(=O)c2ccccc2)cc1)C(=O)NNS(=O)(=O)c1ccc2c(c1)CCC2. The van der Waals surface area contributed by atoms with E-state index < -0.39 is 22.0 Å². The summed E-state index contributed by atoms with van der Waals surface area (Å²) in [6.45, 7) is 1.50. The van der Waals surface area contributed by atoms with Gasteiger partial charge in [0.2, 0.25) is 0 Å². The van der Waals surface area contributed by atoms with Crippen molar-refractivity contribution >= 4 is 21.7 Å². The molecule has 8 heteroatoms. The number of sulfonamides is 1. The molecule has 0 saturated heterocycles. The molecule has 2 N–H and O–H groups in total. The van der Waals surface area contributed by atoms with Crippen molar-refractivity contribution in [3.63, 3.8) is 0 Å². The van der Waals surface area contributed by atoms with Crippen LogP contribution in [0.1, 0.15) is 40.4 Å². The lowest BCUT2D eigenvalue weighted by molar-refractivity contribution is -0.127. The predicted molar refractivity (Wildman–Crippen MR) is 123 cm³/mol. The molecule has 1 amide bonds. The van der Waals surface area contributed by atoms with Gasteiger partial charge in [-0.05, 0) is 73.7 Å². The summed E-state index contributed by atoms with van der Waals surface area (Å²) in [5.41, 5.74) is 5.46. The van der Waals surface area contributed by atoms with E-state index in [1.165, 1.54) is 13.0 Å². The van der Waals surface area contributed by atoms with Gasteiger partial charge < -0.3 is 4.74 Å². The number of carbonyl (C=O) groups is 2. The summed E-state index contributed by atoms with van der Waals surface area (Å²) in [6.07, 6.45) is 1.85. The van der Waals surface area contributed by atoms with Crippen molar-refractivity contribution in [3.05, 3.63) is 95.1 Å². The average Bonchev–Trinajstić information content (AvgIpc) is 3.31. The summed E-state index contributed by atoms with van der Waals surface area (Å²) in [4.78, 5) is 27.1. The van der Waals surface area contributed by atoms with Crippen LogP contribution in [-0.2, 0) is 27.7 Å². The van der Waals surface area contributed by atoms with Crippen LogP contribution in [-0.4, -0.2) is 26.2 Å². The summed E-state index contributed by atoms with van der Waals surface area (Å²) in [7, 11) is -3.90. The third-order valence-corrected chi connectivity index (χ3v) is 6.77. The van der Waals surface area contributed by atoms with E-state index >= 15 is 0 Å². The number of ketones is 1. The zero-order chi connectivity index (χ0) is 23.4. The minimum Gasteiger partial charge on any atom is -0.481 e. The van der Waals surface area contributed by atoms with Crippen molar-refractivity contribution in [2.24, 2.45) is 0 Å². The van der Waals surface area contributed by atoms with Crippen LogP contribution >= 0.6 is 0 Å². The third kappa shape index (κ3) is 5.30. The normalized spacial score (nSPS) is 13.7. The molecular weight excluding hydrogens is 440 g/mol. The first-order valence-corrected chi connectivity index (χ1v) is 12.1. The minimum absolute atomic E-state index is 0.107. The standard InChI is InChI=1S/C25H24N2O5S/c1-17(32-22-13-10-20(11-14-22)24(28)19-6-3-2-4-7-19)25(29)26-27-33(30,31)23-15-12-18-8-5-9-21(18)16-23/h2-4,6-7,10-17,27H,5,8-9H2,1H3,(H,26,29). The molecule has 0 fully saturated rings. The lowest BCUT2D eigenvalue weighted by atomic mass is 10.0. The highest BCUT2D eigenvalue weighted by Gasteiger charge is 2.21. The number of fused-ring (bicyclic) bond motifs is 1. The van der Waals surface area contributed by atoms with Gasteiger partial charge in [-0.1, -0.05) is 36.4 Å². The Morgan fingerprint density at radius 1 is 0.879 bits per heavy atom. The Labute approximate surface area is 192 Å². The number of amides is 1. The molecule has 7 nitrogen and oxygen atoms in total. The van der Waals surface area contributed by atoms with Gasteiger partial charge in [-0.2, -0.15) is 0 Å². The van der Waals surface area contributed by atoms with Gasteiger partial charge in [-0.15, -0.1) is 4.83 Å². The molecule has 0 saturated carbocycles. The Balaban J connectivity index is 1.33. The van der Waals surface area contributed by atoms with Crippen LogP contribution < -0.4 is 15.0 Å². The average molecular weight is 465 g/mol. The number of aryl methyl sites for hydroxylation is 2. The molecule has 33 heavy (non-hydrogen) atoms. The molecule has 0 heterocycles. The van der Waals surface area contributed by atoms with E-state index in [1.807, 2.05) is 12.1 Å². The molecule has 0 bridgehead atoms. The van der Waals surface area contributed by atoms with Gasteiger partial charge in [-0.25, -0.2) is 8.42 Å². The summed E-state index contributed by atoms with van der Waals surface area (Å²) in [6, 6.07) is 20.3. The van der Waals surface area contributed by atoms with Crippen LogP contribution in [0.25, 0.3) is 0 Å². The van der Waals surface area contributed by atoms with Crippen molar-refractivity contribution in [1.29, 1.82) is 0 Å². The van der Waals surface area contributed by atoms with Gasteiger partial charge >= 0.3 is 0 Å². The second-order valence-electron chi connectivity index (χ2n) is 7.86. The fourth-order valence-corrected chi connectivity index (χ4v) is 4.59. The van der Waals surface area contributed by atoms with Gasteiger partial charge in [0.25, 0.3) is 15.9 Å². The second kappa shape index (κ2) is 9.56. The first-order valence-electron chi connectivity index (χ1n) is 10.6. The van der Waals surface area contributed by atoms with E-state index in [0.29, 0.717) is 16.9 Å². The van der Waals surface area contributed by atoms with Crippen LogP contribution in [0.3, 0.4) is 0 Å². The van der Waals surface area contributed by atoms with Gasteiger partial charge in [0.15, 0.2) is 11.9 Å². The van der Waals surface area contributed by atoms with Crippen LogP contribution in [0, 0.1) is 0 Å². The number of hydrogen-bond donors (Lipinski definition) is 2. The highest BCUT2D eigenvalue weighted by Crippen LogP contribution is 2.24. The Bertz CT molecular complexity index is 1270. The lowest BCUT2D eigenvalue weighted by Gasteiger charge is -2.16. The zero-order valence-corrected chi connectivity index (χ0v) is 18.9. The van der Waals surface area contributed by atoms with E-state index in [0.717, 1.165) is 30.4 Å². The smallest absolute Gasteiger partial charge is 0.275 e. The first-order chi connectivity index (χ1) is 15.8. The second-order valence-corrected chi connectivity index (χ2v) is 9.54. The van der Waals surface area contributed by atoms with E-state index in [9.17, 15) is 18.0 Å². The molecule has 0 radical (unpaired) electrons. The molecular formula is C25H24N2O5S. The first kappa shape index (κ1) is 22.7. The van der Waals surface area contributed by atoms with E-state index in [4.69, 9.17) is 4.74 Å². The number of carbonyl (C=O) groups excluding carboxylic acids is 2. The van der Waals surface area contributed by atoms with Crippen molar-refractivity contribution in [2.45, 2.75) is 37.2 Å². The van der Waals surface area contributed by atoms with Crippen molar-refractivity contribution in [3.8, 4) is 5.75 Å². The Hall–Kier alpha value is -3.49. The van der Waals surface area contributed by atoms with Crippen LogP contribution in [0.4, 0.5) is 0 Å². The van der Waals surface area contributed by atoms with E-state index in [-0.39, 0.29) is 10.7 Å². The molecule has 1 aliphatic carbocycles. The lowest BCUT2D eigenvalue weighted by Crippen LogP contribution is -2.47. The molecule has 0 aromatic heterocycles. The molecule has 1 aliphatic rings. The molecule has 0 aliphatic heterocycles. The maximum Gasteiger partial charge on any atom is 0.275 e. The highest BCUT2D eigenvalue weighted by molar-refractivity contribution is 7.89. The third-order valence-electron chi connectivity index (χ3n) is 5.52. The topological polar surface area (TPSA) is 102 Å². The number of benzene rings is 3. The van der Waals surface area contributed by atoms with Crippen molar-refractivity contribution < 1.29 is 22.7 Å². The van der Waals surface area contributed by atoms with Crippen LogP contribution in [0.15, 0.2) is 77.7 Å². The summed E-state index contributed by atoms with van der Waals surface area (Å²) in [5, 5.41) is 0. The monoisotopic (exact) mass is 464 g/mol. The molecule has 170 valence electrons. The van der Waals surface area contributed by atoms with Gasteiger partial charge in [0.05, 0.1) is 4.90 Å². The van der Waals surface area contributed by atoms with Crippen LogP contribution in [0.2, 0.25) is 0 Å². The maximum absolute atomic E-state index is 12.5. The van der Waals surface area contributed by atoms with Gasteiger partial charge in [-0.3, -0.25) is 15.0 Å². The molecule has 1 unspecified atom stereocenters. The highest BCUT2D eigenvalue weighted by atomic mass is 32.2. The largest absolute Gasteiger partial charge is 0.481 e. The number of nitrogens with one attached hydrogen (secondary N) is 2. The van der Waals surface area contributed by atoms with Crippen molar-refractivity contribution in [1.82, 2.24) is 10.3 Å². The molecule has 4 rings (SSSR count). The summed E-state index contributed by atoms with van der Waals surface area (Å²) < 4.78 is 30.7. The van der Waals surface area contributed by atoms with E-state index in [2.05, 4.69) is 10.3 Å². The predicted octanol–water partition coefficient (Wildman–Crippen LogP) is 3.18. The van der Waals surface area contributed by atoms with Gasteiger partial charge in [0, 0.05) is 11.1 Å². The molecule has 0 spiro atoms. The zero-order valence-electron chi connectivity index (χ0n) is 18.1. The summed E-state index contributed by atoms with van der Waals surface area (Å²) in [5.74, 6) is -0.387. The number of ether oxygens (including phenoxy) is 1. The minimum atomic E-state index is -3.90. The number of hydrogen-bond acceptors (Lipinski definition) is 5. The maximum atomic E-state index is 12.5. The summed E-state index contributed by atoms with van der Waals surface area (Å²) >= 11 is 0. The van der Waals surface area contributed by atoms with Gasteiger partial charge in [0.1, 0.15) is 5.75 Å². The van der Waals surface area contributed by atoms with Crippen molar-refractivity contribution in [2.75, 3.05) is 0 Å². The number of rotatable bonds is 8. The number of hydrazine groups is 1. The van der Waals surface area contributed by atoms with Crippen LogP contribution in [0.5, 0.6) is 5.75 Å². The Morgan fingerprint density at radius 2 is 1.55 bits per heavy atom. The molecule has 3 aromatic carbocycles.